The Morgan fingerprint density at radius 3 is 2.45 bits per heavy atom. The summed E-state index contributed by atoms with van der Waals surface area (Å²) in [4.78, 5) is 54.3. The Morgan fingerprint density at radius 1 is 1.17 bits per heavy atom. The molecule has 0 aliphatic heterocycles. The molecule has 3 amide bonds. The first-order valence-corrected chi connectivity index (χ1v) is 9.27. The van der Waals surface area contributed by atoms with Crippen LogP contribution in [0.4, 0.5) is 0 Å². The Bertz CT molecular complexity index is 678. The van der Waals surface area contributed by atoms with Crippen molar-refractivity contribution in [1.82, 2.24) is 25.9 Å². The normalized spacial score (nSPS) is 13.8. The first kappa shape index (κ1) is 24.0. The molecule has 0 fully saturated rings. The molecule has 1 rings (SSSR count). The van der Waals surface area contributed by atoms with Crippen molar-refractivity contribution in [3.8, 4) is 0 Å². The average Bonchev–Trinajstić information content (AvgIpc) is 3.17. The summed E-state index contributed by atoms with van der Waals surface area (Å²) in [5.74, 6) is -2.95. The van der Waals surface area contributed by atoms with E-state index in [1.807, 2.05) is 0 Å². The lowest BCUT2D eigenvalue weighted by Crippen LogP contribution is -2.54. The van der Waals surface area contributed by atoms with E-state index in [1.54, 1.807) is 0 Å². The molecule has 0 aliphatic rings. The van der Waals surface area contributed by atoms with Gasteiger partial charge in [-0.15, -0.1) is 0 Å². The van der Waals surface area contributed by atoms with Crippen LogP contribution >= 0.6 is 0 Å². The number of aliphatic carboxylic acids is 1. The van der Waals surface area contributed by atoms with Gasteiger partial charge < -0.3 is 37.5 Å². The maximum atomic E-state index is 12.6. The fraction of sp³-hybridized carbons (Fsp3) is 0.588. The third-order valence-corrected chi connectivity index (χ3v) is 4.03. The Labute approximate surface area is 168 Å². The monoisotopic (exact) mass is 411 g/mol. The number of unbranched alkanes of at least 4 members (excludes halogenated alkanes) is 1. The summed E-state index contributed by atoms with van der Waals surface area (Å²) < 4.78 is 0. The van der Waals surface area contributed by atoms with Crippen LogP contribution in [-0.2, 0) is 25.6 Å². The molecule has 1 aromatic rings. The minimum Gasteiger partial charge on any atom is -0.480 e. The number of carbonyl (C=O) groups excluding carboxylic acids is 3. The van der Waals surface area contributed by atoms with Crippen molar-refractivity contribution in [3.63, 3.8) is 0 Å². The molecule has 3 unspecified atom stereocenters. The molecule has 0 saturated carbocycles. The summed E-state index contributed by atoms with van der Waals surface area (Å²) in [6.45, 7) is 1.55. The van der Waals surface area contributed by atoms with Crippen LogP contribution in [0.5, 0.6) is 0 Å². The zero-order valence-electron chi connectivity index (χ0n) is 16.3. The molecule has 162 valence electrons. The molecule has 0 saturated heterocycles. The Hall–Kier alpha value is -2.99. The van der Waals surface area contributed by atoms with E-state index in [1.165, 1.54) is 19.4 Å². The van der Waals surface area contributed by atoms with E-state index in [0.29, 0.717) is 25.1 Å². The largest absolute Gasteiger partial charge is 0.480 e. The number of nitrogens with two attached hydrogens (primary N) is 2. The van der Waals surface area contributed by atoms with E-state index < -0.39 is 41.8 Å². The molecule has 0 aromatic carbocycles. The maximum absolute atomic E-state index is 12.6. The number of carboxylic acids is 1. The van der Waals surface area contributed by atoms with E-state index in [-0.39, 0.29) is 19.4 Å². The molecule has 29 heavy (non-hydrogen) atoms. The molecule has 0 bridgehead atoms. The van der Waals surface area contributed by atoms with Gasteiger partial charge in [-0.3, -0.25) is 14.4 Å². The van der Waals surface area contributed by atoms with Crippen LogP contribution in [0.2, 0.25) is 0 Å². The van der Waals surface area contributed by atoms with Crippen molar-refractivity contribution in [1.29, 1.82) is 0 Å². The second-order valence-electron chi connectivity index (χ2n) is 6.59. The van der Waals surface area contributed by atoms with E-state index in [9.17, 15) is 24.3 Å². The number of amides is 3. The number of imidazole rings is 1. The molecule has 12 nitrogen and oxygen atoms in total. The maximum Gasteiger partial charge on any atom is 0.326 e. The number of nitrogens with one attached hydrogen (secondary N) is 4. The van der Waals surface area contributed by atoms with Crippen LogP contribution in [0.15, 0.2) is 12.5 Å². The summed E-state index contributed by atoms with van der Waals surface area (Å²) in [6, 6.07) is -2.94. The lowest BCUT2D eigenvalue weighted by Gasteiger charge is -2.21. The zero-order chi connectivity index (χ0) is 21.8. The number of carbonyl (C=O) groups is 4. The van der Waals surface area contributed by atoms with Crippen molar-refractivity contribution in [2.75, 3.05) is 13.1 Å². The van der Waals surface area contributed by atoms with Crippen LogP contribution in [0.1, 0.15) is 31.9 Å². The molecule has 0 spiro atoms. The van der Waals surface area contributed by atoms with Gasteiger partial charge in [0.2, 0.25) is 17.7 Å². The van der Waals surface area contributed by atoms with Crippen LogP contribution in [0.3, 0.4) is 0 Å². The third-order valence-electron chi connectivity index (χ3n) is 4.03. The van der Waals surface area contributed by atoms with Crippen LogP contribution in [-0.4, -0.2) is 70.0 Å². The number of H-pyrrole nitrogens is 1. The minimum absolute atomic E-state index is 0.00891. The predicted molar refractivity (Wildman–Crippen MR) is 103 cm³/mol. The van der Waals surface area contributed by atoms with Crippen molar-refractivity contribution in [3.05, 3.63) is 18.2 Å². The Balaban J connectivity index is 2.72. The van der Waals surface area contributed by atoms with Gasteiger partial charge in [0.25, 0.3) is 0 Å². The Kier molecular flexibility index (Phi) is 10.3. The van der Waals surface area contributed by atoms with E-state index in [2.05, 4.69) is 25.9 Å². The summed E-state index contributed by atoms with van der Waals surface area (Å²) in [5.41, 5.74) is 11.4. The highest BCUT2D eigenvalue weighted by molar-refractivity contribution is 5.92. The molecule has 0 radical (unpaired) electrons. The second-order valence-corrected chi connectivity index (χ2v) is 6.59. The molecular formula is C17H29N7O5. The summed E-state index contributed by atoms with van der Waals surface area (Å²) in [6.07, 6.45) is 4.34. The van der Waals surface area contributed by atoms with Crippen LogP contribution in [0.25, 0.3) is 0 Å². The van der Waals surface area contributed by atoms with Crippen molar-refractivity contribution in [2.24, 2.45) is 11.5 Å². The standard InChI is InChI=1S/C17H29N7O5/c1-10(19)15(26)21-8-14(25)23-12(4-2-3-5-18)16(27)24-13(17(28)29)6-11-7-20-9-22-11/h7,9-10,12-13H,2-6,8,18-19H2,1H3,(H,20,22)(H,21,26)(H,23,25)(H,24,27)(H,28,29). The SMILES string of the molecule is CC(N)C(=O)NCC(=O)NC(CCCCN)C(=O)NC(Cc1cnc[nH]1)C(=O)O. The first-order valence-electron chi connectivity index (χ1n) is 9.27. The average molecular weight is 411 g/mol. The number of aromatic amines is 1. The lowest BCUT2D eigenvalue weighted by molar-refractivity contribution is -0.142. The topological polar surface area (TPSA) is 205 Å². The van der Waals surface area contributed by atoms with Gasteiger partial charge in [-0.25, -0.2) is 9.78 Å². The van der Waals surface area contributed by atoms with E-state index in [4.69, 9.17) is 11.5 Å². The van der Waals surface area contributed by atoms with Crippen molar-refractivity contribution >= 4 is 23.7 Å². The summed E-state index contributed by atoms with van der Waals surface area (Å²) in [5, 5.41) is 16.7. The van der Waals surface area contributed by atoms with Crippen LogP contribution < -0.4 is 27.4 Å². The number of nitrogens with zero attached hydrogens (tertiary/aromatic N) is 1. The molecule has 12 heteroatoms. The second kappa shape index (κ2) is 12.5. The smallest absolute Gasteiger partial charge is 0.326 e. The van der Waals surface area contributed by atoms with Gasteiger partial charge >= 0.3 is 5.97 Å². The number of aromatic nitrogens is 2. The minimum atomic E-state index is -1.22. The number of rotatable bonds is 13. The van der Waals surface area contributed by atoms with Gasteiger partial charge in [0.1, 0.15) is 12.1 Å². The fourth-order valence-corrected chi connectivity index (χ4v) is 2.42. The van der Waals surface area contributed by atoms with Gasteiger partial charge in [0.05, 0.1) is 18.9 Å². The highest BCUT2D eigenvalue weighted by Crippen LogP contribution is 2.04. The molecule has 9 N–H and O–H groups in total. The quantitative estimate of drug-likeness (QED) is 0.174. The molecule has 1 heterocycles. The van der Waals surface area contributed by atoms with E-state index in [0.717, 1.165) is 0 Å². The number of hydrogen-bond acceptors (Lipinski definition) is 7. The summed E-state index contributed by atoms with van der Waals surface area (Å²) in [7, 11) is 0. The fourth-order valence-electron chi connectivity index (χ4n) is 2.42. The summed E-state index contributed by atoms with van der Waals surface area (Å²) >= 11 is 0. The first-order chi connectivity index (χ1) is 13.7. The molecule has 1 aromatic heterocycles. The van der Waals surface area contributed by atoms with Gasteiger partial charge in [-0.2, -0.15) is 0 Å². The lowest BCUT2D eigenvalue weighted by atomic mass is 10.1. The highest BCUT2D eigenvalue weighted by atomic mass is 16.4. The zero-order valence-corrected chi connectivity index (χ0v) is 16.3. The highest BCUT2D eigenvalue weighted by Gasteiger charge is 2.27. The predicted octanol–water partition coefficient (Wildman–Crippen LogP) is -2.40. The van der Waals surface area contributed by atoms with Gasteiger partial charge in [-0.1, -0.05) is 0 Å². The van der Waals surface area contributed by atoms with E-state index >= 15 is 0 Å². The molecular weight excluding hydrogens is 382 g/mol. The van der Waals surface area contributed by atoms with Crippen LogP contribution in [0, 0.1) is 0 Å². The Morgan fingerprint density at radius 2 is 1.90 bits per heavy atom. The van der Waals surface area contributed by atoms with Gasteiger partial charge in [0, 0.05) is 18.3 Å². The van der Waals surface area contributed by atoms with Gasteiger partial charge in [-0.05, 0) is 32.7 Å². The number of carboxylic acid groups (broad SMARTS) is 1. The number of hydrogen-bond donors (Lipinski definition) is 7. The molecule has 3 atom stereocenters. The third kappa shape index (κ3) is 9.17. The van der Waals surface area contributed by atoms with Crippen molar-refractivity contribution in [2.45, 2.75) is 50.7 Å². The van der Waals surface area contributed by atoms with Gasteiger partial charge in [0.15, 0.2) is 0 Å². The molecule has 0 aliphatic carbocycles. The van der Waals surface area contributed by atoms with Crippen molar-refractivity contribution < 1.29 is 24.3 Å².